The van der Waals surface area contributed by atoms with Crippen molar-refractivity contribution < 1.29 is 14.4 Å². The van der Waals surface area contributed by atoms with E-state index < -0.39 is 6.29 Å². The number of hydrogen-bond donors (Lipinski definition) is 2. The normalized spacial score (nSPS) is 12.5. The van der Waals surface area contributed by atoms with Gasteiger partial charge < -0.3 is 14.4 Å². The summed E-state index contributed by atoms with van der Waals surface area (Å²) in [5, 5.41) is 9.16. The van der Waals surface area contributed by atoms with Crippen LogP contribution in [0.5, 0.6) is 5.75 Å². The summed E-state index contributed by atoms with van der Waals surface area (Å²) in [6.45, 7) is 1.84. The van der Waals surface area contributed by atoms with Crippen LogP contribution in [0, 0.1) is 0 Å². The van der Waals surface area contributed by atoms with E-state index in [0.29, 0.717) is 24.2 Å². The molecule has 1 rings (SSSR count). The van der Waals surface area contributed by atoms with Crippen molar-refractivity contribution in [2.75, 3.05) is 0 Å². The maximum Gasteiger partial charge on any atom is 0.197 e. The third kappa shape index (κ3) is 3.26. The molecule has 0 bridgehead atoms. The first kappa shape index (κ1) is 10.4. The fraction of sp³-hybridized carbons (Fsp3) is 0.333. The second-order valence-electron chi connectivity index (χ2n) is 2.54. The highest BCUT2D eigenvalue weighted by Crippen LogP contribution is 2.19. The maximum absolute atomic E-state index is 9.16. The maximum atomic E-state index is 9.16. The summed E-state index contributed by atoms with van der Waals surface area (Å²) in [5.74, 6) is 0.604. The van der Waals surface area contributed by atoms with E-state index in [1.165, 1.54) is 0 Å². The van der Waals surface area contributed by atoms with Gasteiger partial charge in [0.1, 0.15) is 5.75 Å². The minimum absolute atomic E-state index is 0.552. The molecule has 0 amide bonds. The average molecular weight is 200 g/mol. The number of aliphatic hydroxyl groups is 1. The lowest BCUT2D eigenvalue weighted by Crippen LogP contribution is -2.13. The zero-order valence-electron chi connectivity index (χ0n) is 7.30. The quantitative estimate of drug-likeness (QED) is 0.578. The van der Waals surface area contributed by atoms with E-state index in [-0.39, 0.29) is 0 Å². The third-order valence-corrected chi connectivity index (χ3v) is 2.03. The van der Waals surface area contributed by atoms with Gasteiger partial charge in [-0.2, -0.15) is 0 Å². The fourth-order valence-electron chi connectivity index (χ4n) is 0.819. The number of ether oxygens (including phenoxy) is 1. The average Bonchev–Trinajstić information content (AvgIpc) is 2.19. The molecule has 13 heavy (non-hydrogen) atoms. The van der Waals surface area contributed by atoms with Crippen LogP contribution in [0.4, 0.5) is 0 Å². The second-order valence-corrected chi connectivity index (χ2v) is 3.20. The standard InChI is InChI=1S/C9H12O3S/c1-2-9(10)12-7-3-5-8(13-11)6-4-7/h3-6,9-11H,2H2,1H3. The fourth-order valence-corrected chi connectivity index (χ4v) is 1.08. The molecular formula is C9H12O3S. The van der Waals surface area contributed by atoms with Gasteiger partial charge in [0.25, 0.3) is 0 Å². The first-order valence-corrected chi connectivity index (χ1v) is 4.79. The molecule has 0 heterocycles. The highest BCUT2D eigenvalue weighted by molar-refractivity contribution is 7.93. The number of benzene rings is 1. The van der Waals surface area contributed by atoms with Crippen molar-refractivity contribution in [3.8, 4) is 5.75 Å². The lowest BCUT2D eigenvalue weighted by molar-refractivity contribution is -0.0191. The summed E-state index contributed by atoms with van der Waals surface area (Å²) in [6, 6.07) is 6.86. The molecule has 0 saturated carbocycles. The van der Waals surface area contributed by atoms with E-state index in [1.54, 1.807) is 24.3 Å². The van der Waals surface area contributed by atoms with Gasteiger partial charge in [0.15, 0.2) is 6.29 Å². The molecular weight excluding hydrogens is 188 g/mol. The van der Waals surface area contributed by atoms with Crippen molar-refractivity contribution >= 4 is 12.0 Å². The van der Waals surface area contributed by atoms with Crippen LogP contribution < -0.4 is 4.74 Å². The van der Waals surface area contributed by atoms with Crippen molar-refractivity contribution in [1.29, 1.82) is 0 Å². The molecule has 1 atom stereocenters. The van der Waals surface area contributed by atoms with E-state index in [9.17, 15) is 0 Å². The van der Waals surface area contributed by atoms with Gasteiger partial charge in [0, 0.05) is 23.4 Å². The van der Waals surface area contributed by atoms with E-state index in [0.717, 1.165) is 4.90 Å². The summed E-state index contributed by atoms with van der Waals surface area (Å²) >= 11 is 0.684. The van der Waals surface area contributed by atoms with Gasteiger partial charge in [-0.05, 0) is 24.3 Å². The third-order valence-electron chi connectivity index (χ3n) is 1.55. The number of rotatable bonds is 4. The van der Waals surface area contributed by atoms with Gasteiger partial charge in [-0.15, -0.1) is 0 Å². The first-order chi connectivity index (χ1) is 6.26. The first-order valence-electron chi connectivity index (χ1n) is 4.02. The Morgan fingerprint density at radius 1 is 1.38 bits per heavy atom. The Labute approximate surface area is 81.6 Å². The Kier molecular flexibility index (Phi) is 4.08. The second kappa shape index (κ2) is 5.11. The molecule has 72 valence electrons. The Hall–Kier alpha value is -0.710. The SMILES string of the molecule is CCC(O)Oc1ccc(SO)cc1. The van der Waals surface area contributed by atoms with Crippen molar-refractivity contribution in [2.45, 2.75) is 24.5 Å². The largest absolute Gasteiger partial charge is 0.465 e. The number of aliphatic hydroxyl groups excluding tert-OH is 1. The number of hydrogen-bond acceptors (Lipinski definition) is 4. The van der Waals surface area contributed by atoms with Crippen LogP contribution in [-0.2, 0) is 0 Å². The summed E-state index contributed by atoms with van der Waals surface area (Å²) in [6.07, 6.45) is -0.205. The Bertz CT molecular complexity index is 248. The molecule has 1 aromatic rings. The van der Waals surface area contributed by atoms with E-state index in [2.05, 4.69) is 0 Å². The Morgan fingerprint density at radius 3 is 2.46 bits per heavy atom. The molecule has 2 N–H and O–H groups in total. The molecule has 0 aliphatic rings. The van der Waals surface area contributed by atoms with Gasteiger partial charge >= 0.3 is 0 Å². The van der Waals surface area contributed by atoms with E-state index in [1.807, 2.05) is 6.92 Å². The molecule has 0 radical (unpaired) electrons. The van der Waals surface area contributed by atoms with Gasteiger partial charge in [0.05, 0.1) is 0 Å². The summed E-state index contributed by atoms with van der Waals surface area (Å²) < 4.78 is 13.8. The van der Waals surface area contributed by atoms with E-state index >= 15 is 0 Å². The van der Waals surface area contributed by atoms with Crippen molar-refractivity contribution in [2.24, 2.45) is 0 Å². The lowest BCUT2D eigenvalue weighted by Gasteiger charge is -2.10. The van der Waals surface area contributed by atoms with Gasteiger partial charge in [-0.1, -0.05) is 6.92 Å². The zero-order valence-corrected chi connectivity index (χ0v) is 8.12. The molecule has 0 spiro atoms. The summed E-state index contributed by atoms with van der Waals surface area (Å²) in [4.78, 5) is 0.748. The summed E-state index contributed by atoms with van der Waals surface area (Å²) in [5.41, 5.74) is 0. The van der Waals surface area contributed by atoms with Crippen LogP contribution in [0.3, 0.4) is 0 Å². The molecule has 1 unspecified atom stereocenters. The predicted octanol–water partition coefficient (Wildman–Crippen LogP) is 2.36. The van der Waals surface area contributed by atoms with Crippen LogP contribution in [0.1, 0.15) is 13.3 Å². The Balaban J connectivity index is 2.58. The van der Waals surface area contributed by atoms with Crippen molar-refractivity contribution in [3.63, 3.8) is 0 Å². The van der Waals surface area contributed by atoms with Crippen LogP contribution in [0.2, 0.25) is 0 Å². The molecule has 1 aromatic carbocycles. The van der Waals surface area contributed by atoms with Crippen LogP contribution in [-0.4, -0.2) is 15.9 Å². The van der Waals surface area contributed by atoms with Crippen LogP contribution in [0.25, 0.3) is 0 Å². The van der Waals surface area contributed by atoms with Crippen LogP contribution in [0.15, 0.2) is 29.2 Å². The van der Waals surface area contributed by atoms with Crippen LogP contribution >= 0.6 is 12.0 Å². The van der Waals surface area contributed by atoms with Gasteiger partial charge in [0.2, 0.25) is 0 Å². The smallest absolute Gasteiger partial charge is 0.197 e. The molecule has 0 aliphatic carbocycles. The Morgan fingerprint density at radius 2 is 2.00 bits per heavy atom. The molecule has 0 aliphatic heterocycles. The molecule has 4 heteroatoms. The van der Waals surface area contributed by atoms with Crippen molar-refractivity contribution in [1.82, 2.24) is 0 Å². The van der Waals surface area contributed by atoms with Gasteiger partial charge in [-0.3, -0.25) is 0 Å². The predicted molar refractivity (Wildman–Crippen MR) is 51.9 cm³/mol. The highest BCUT2D eigenvalue weighted by atomic mass is 32.2. The van der Waals surface area contributed by atoms with E-state index in [4.69, 9.17) is 14.4 Å². The monoisotopic (exact) mass is 200 g/mol. The van der Waals surface area contributed by atoms with Crippen molar-refractivity contribution in [3.05, 3.63) is 24.3 Å². The minimum atomic E-state index is -0.757. The zero-order chi connectivity index (χ0) is 9.68. The lowest BCUT2D eigenvalue weighted by atomic mass is 10.3. The molecule has 0 aromatic heterocycles. The topological polar surface area (TPSA) is 49.7 Å². The minimum Gasteiger partial charge on any atom is -0.465 e. The van der Waals surface area contributed by atoms with Gasteiger partial charge in [-0.25, -0.2) is 0 Å². The molecule has 0 saturated heterocycles. The summed E-state index contributed by atoms with van der Waals surface area (Å²) in [7, 11) is 0. The highest BCUT2D eigenvalue weighted by Gasteiger charge is 2.01. The molecule has 0 fully saturated rings. The molecule has 3 nitrogen and oxygen atoms in total.